The topological polar surface area (TPSA) is 105 Å². The van der Waals surface area contributed by atoms with Gasteiger partial charge in [-0.2, -0.15) is 5.10 Å². The van der Waals surface area contributed by atoms with E-state index in [1.54, 1.807) is 21.2 Å². The maximum Gasteiger partial charge on any atom is 0.251 e. The molecule has 3 rings (SSSR count). The van der Waals surface area contributed by atoms with Crippen LogP contribution in [0.15, 0.2) is 29.3 Å². The first-order valence-corrected chi connectivity index (χ1v) is 9.82. The first-order valence-electron chi connectivity index (χ1n) is 9.82. The number of nitrogens with one attached hydrogen (secondary N) is 3. The van der Waals surface area contributed by atoms with Crippen LogP contribution in [0.4, 0.5) is 0 Å². The van der Waals surface area contributed by atoms with E-state index in [4.69, 9.17) is 4.74 Å². The van der Waals surface area contributed by atoms with Crippen LogP contribution < -0.4 is 16.0 Å². The Labute approximate surface area is 171 Å². The maximum atomic E-state index is 11.8. The largest absolute Gasteiger partial charge is 0.377 e. The van der Waals surface area contributed by atoms with Crippen molar-refractivity contribution in [2.75, 3.05) is 27.7 Å². The fourth-order valence-corrected chi connectivity index (χ4v) is 3.39. The quantitative estimate of drug-likeness (QED) is 0.463. The summed E-state index contributed by atoms with van der Waals surface area (Å²) in [5.41, 5.74) is 1.77. The number of nitrogens with zero attached hydrogens (tertiary/aromatic N) is 4. The Morgan fingerprint density at radius 1 is 1.41 bits per heavy atom. The third-order valence-corrected chi connectivity index (χ3v) is 4.86. The van der Waals surface area contributed by atoms with E-state index in [1.165, 1.54) is 0 Å². The lowest BCUT2D eigenvalue weighted by molar-refractivity contribution is 0.0963. The molecule has 0 bridgehead atoms. The van der Waals surface area contributed by atoms with Crippen molar-refractivity contribution in [3.05, 3.63) is 47.0 Å². The zero-order chi connectivity index (χ0) is 20.6. The molecule has 29 heavy (non-hydrogen) atoms. The molecule has 3 N–H and O–H groups in total. The SMILES string of the molecule is CN=C(NCCc1cccc(C(=O)NC)c1)NC1CCc2nc(COC)nn2C1. The second kappa shape index (κ2) is 10.0. The molecule has 1 aromatic carbocycles. The highest BCUT2D eigenvalue weighted by Gasteiger charge is 2.22. The van der Waals surface area contributed by atoms with Gasteiger partial charge in [0.15, 0.2) is 11.8 Å². The highest BCUT2D eigenvalue weighted by molar-refractivity contribution is 5.94. The Kier molecular flexibility index (Phi) is 7.18. The molecular formula is C20H29N7O2. The standard InChI is InChI=1S/C20H29N7O2/c1-21-19(28)15-6-4-5-14(11-15)9-10-23-20(22-2)24-16-7-8-18-25-17(13-29-3)26-27(18)12-16/h4-6,11,16H,7-10,12-13H2,1-3H3,(H,21,28)(H2,22,23,24). The van der Waals surface area contributed by atoms with Gasteiger partial charge in [-0.15, -0.1) is 0 Å². The highest BCUT2D eigenvalue weighted by atomic mass is 16.5. The fourth-order valence-electron chi connectivity index (χ4n) is 3.39. The Hall–Kier alpha value is -2.94. The Morgan fingerprint density at radius 3 is 3.03 bits per heavy atom. The van der Waals surface area contributed by atoms with Crippen LogP contribution in [0, 0.1) is 0 Å². The number of ether oxygens (including phenoxy) is 1. The van der Waals surface area contributed by atoms with Gasteiger partial charge in [0.25, 0.3) is 5.91 Å². The molecule has 1 amide bonds. The van der Waals surface area contributed by atoms with Crippen molar-refractivity contribution < 1.29 is 9.53 Å². The predicted molar refractivity (Wildman–Crippen MR) is 111 cm³/mol. The van der Waals surface area contributed by atoms with Gasteiger partial charge in [-0.1, -0.05) is 12.1 Å². The van der Waals surface area contributed by atoms with Gasteiger partial charge >= 0.3 is 0 Å². The first-order chi connectivity index (χ1) is 14.1. The lowest BCUT2D eigenvalue weighted by Gasteiger charge is -2.25. The number of guanidine groups is 1. The summed E-state index contributed by atoms with van der Waals surface area (Å²) in [6.07, 6.45) is 2.64. The number of rotatable bonds is 7. The number of aromatic nitrogens is 3. The molecule has 1 atom stereocenters. The molecule has 2 heterocycles. The summed E-state index contributed by atoms with van der Waals surface area (Å²) in [6, 6.07) is 7.90. The molecule has 1 aliphatic heterocycles. The number of hydrogen-bond donors (Lipinski definition) is 3. The number of carbonyl (C=O) groups excluding carboxylic acids is 1. The minimum atomic E-state index is -0.0734. The molecule has 0 aliphatic carbocycles. The van der Waals surface area contributed by atoms with E-state index in [9.17, 15) is 4.79 Å². The minimum Gasteiger partial charge on any atom is -0.377 e. The van der Waals surface area contributed by atoms with Crippen LogP contribution in [-0.2, 0) is 30.7 Å². The number of hydrogen-bond acceptors (Lipinski definition) is 5. The van der Waals surface area contributed by atoms with E-state index in [1.807, 2.05) is 28.9 Å². The van der Waals surface area contributed by atoms with Crippen LogP contribution in [0.2, 0.25) is 0 Å². The molecule has 2 aromatic rings. The second-order valence-corrected chi connectivity index (χ2v) is 6.97. The van der Waals surface area contributed by atoms with Crippen molar-refractivity contribution in [3.8, 4) is 0 Å². The van der Waals surface area contributed by atoms with E-state index in [0.717, 1.165) is 55.5 Å². The third kappa shape index (κ3) is 5.54. The number of fused-ring (bicyclic) bond motifs is 1. The molecule has 156 valence electrons. The van der Waals surface area contributed by atoms with Gasteiger partial charge in [0, 0.05) is 45.8 Å². The summed E-state index contributed by atoms with van der Waals surface area (Å²) < 4.78 is 7.07. The summed E-state index contributed by atoms with van der Waals surface area (Å²) in [4.78, 5) is 20.6. The smallest absolute Gasteiger partial charge is 0.251 e. The first kappa shape index (κ1) is 20.8. The number of methoxy groups -OCH3 is 1. The van der Waals surface area contributed by atoms with Crippen LogP contribution in [0.1, 0.15) is 34.0 Å². The van der Waals surface area contributed by atoms with Crippen molar-refractivity contribution in [3.63, 3.8) is 0 Å². The van der Waals surface area contributed by atoms with Gasteiger partial charge in [0.2, 0.25) is 0 Å². The molecule has 0 saturated heterocycles. The zero-order valence-corrected chi connectivity index (χ0v) is 17.2. The van der Waals surface area contributed by atoms with Crippen LogP contribution >= 0.6 is 0 Å². The van der Waals surface area contributed by atoms with E-state index >= 15 is 0 Å². The van der Waals surface area contributed by atoms with Gasteiger partial charge in [-0.3, -0.25) is 9.79 Å². The predicted octanol–water partition coefficient (Wildman–Crippen LogP) is 0.507. The van der Waals surface area contributed by atoms with E-state index in [2.05, 4.69) is 31.0 Å². The molecule has 9 nitrogen and oxygen atoms in total. The average Bonchev–Trinajstić information content (AvgIpc) is 3.14. The number of carbonyl (C=O) groups is 1. The normalized spacial score (nSPS) is 16.2. The fraction of sp³-hybridized carbons (Fsp3) is 0.500. The van der Waals surface area contributed by atoms with Crippen LogP contribution in [0.25, 0.3) is 0 Å². The third-order valence-electron chi connectivity index (χ3n) is 4.86. The van der Waals surface area contributed by atoms with Crippen LogP contribution in [0.3, 0.4) is 0 Å². The molecule has 0 saturated carbocycles. The van der Waals surface area contributed by atoms with E-state index in [0.29, 0.717) is 12.2 Å². The molecule has 9 heteroatoms. The van der Waals surface area contributed by atoms with Gasteiger partial charge < -0.3 is 20.7 Å². The average molecular weight is 399 g/mol. The van der Waals surface area contributed by atoms with Crippen molar-refractivity contribution in [1.82, 2.24) is 30.7 Å². The molecule has 1 aromatic heterocycles. The number of amides is 1. The molecule has 0 fully saturated rings. The second-order valence-electron chi connectivity index (χ2n) is 6.97. The summed E-state index contributed by atoms with van der Waals surface area (Å²) in [6.45, 7) is 1.90. The van der Waals surface area contributed by atoms with Gasteiger partial charge in [0.1, 0.15) is 12.4 Å². The van der Waals surface area contributed by atoms with Crippen molar-refractivity contribution >= 4 is 11.9 Å². The van der Waals surface area contributed by atoms with E-state index < -0.39 is 0 Å². The van der Waals surface area contributed by atoms with Crippen molar-refractivity contribution in [2.45, 2.75) is 38.5 Å². The molecule has 1 aliphatic rings. The van der Waals surface area contributed by atoms with Gasteiger partial charge in [-0.25, -0.2) is 9.67 Å². The van der Waals surface area contributed by atoms with Crippen molar-refractivity contribution in [2.24, 2.45) is 4.99 Å². The molecular weight excluding hydrogens is 370 g/mol. The lowest BCUT2D eigenvalue weighted by atomic mass is 10.1. The summed E-state index contributed by atoms with van der Waals surface area (Å²) in [7, 11) is 5.05. The van der Waals surface area contributed by atoms with E-state index in [-0.39, 0.29) is 11.9 Å². The minimum absolute atomic E-state index is 0.0734. The van der Waals surface area contributed by atoms with Crippen LogP contribution in [0.5, 0.6) is 0 Å². The number of aryl methyl sites for hydroxylation is 1. The number of benzene rings is 1. The summed E-state index contributed by atoms with van der Waals surface area (Å²) in [5.74, 6) is 2.42. The summed E-state index contributed by atoms with van der Waals surface area (Å²) >= 11 is 0. The summed E-state index contributed by atoms with van der Waals surface area (Å²) in [5, 5.41) is 14.0. The maximum absolute atomic E-state index is 11.8. The highest BCUT2D eigenvalue weighted by Crippen LogP contribution is 2.13. The Balaban J connectivity index is 1.49. The number of aliphatic imine (C=N–C) groups is 1. The van der Waals surface area contributed by atoms with Gasteiger partial charge in [-0.05, 0) is 30.5 Å². The van der Waals surface area contributed by atoms with Gasteiger partial charge in [0.05, 0.1) is 6.54 Å². The lowest BCUT2D eigenvalue weighted by Crippen LogP contribution is -2.47. The Morgan fingerprint density at radius 2 is 2.28 bits per heavy atom. The monoisotopic (exact) mass is 399 g/mol. The molecule has 1 unspecified atom stereocenters. The van der Waals surface area contributed by atoms with Crippen molar-refractivity contribution in [1.29, 1.82) is 0 Å². The Bertz CT molecular complexity index is 862. The van der Waals surface area contributed by atoms with Crippen LogP contribution in [-0.4, -0.2) is 60.4 Å². The molecule has 0 radical (unpaired) electrons. The zero-order valence-electron chi connectivity index (χ0n) is 17.2. The molecule has 0 spiro atoms.